The van der Waals surface area contributed by atoms with Crippen LogP contribution in [-0.4, -0.2) is 21.3 Å². The number of nitro benzene ring substituents is 1. The Labute approximate surface area is 177 Å². The van der Waals surface area contributed by atoms with E-state index in [4.69, 9.17) is 4.42 Å². The molecule has 1 heterocycles. The zero-order chi connectivity index (χ0) is 22.5. The van der Waals surface area contributed by atoms with Gasteiger partial charge in [-0.1, -0.05) is 19.9 Å². The van der Waals surface area contributed by atoms with E-state index >= 15 is 0 Å². The Balaban J connectivity index is 1.58. The number of fused-ring (bicyclic) bond motifs is 1. The van der Waals surface area contributed by atoms with Gasteiger partial charge in [-0.05, 0) is 30.7 Å². The van der Waals surface area contributed by atoms with E-state index < -0.39 is 10.7 Å². The molecular weight excluding hydrogens is 404 g/mol. The van der Waals surface area contributed by atoms with Gasteiger partial charge in [0, 0.05) is 36.3 Å². The van der Waals surface area contributed by atoms with Gasteiger partial charge in [-0.25, -0.2) is 4.79 Å². The Morgan fingerprint density at radius 1 is 1.13 bits per heavy atom. The number of benzene rings is 2. The van der Waals surface area contributed by atoms with Gasteiger partial charge in [-0.3, -0.25) is 24.3 Å². The number of aromatic nitrogens is 1. The third kappa shape index (κ3) is 5.35. The highest BCUT2D eigenvalue weighted by Gasteiger charge is 2.14. The molecule has 0 spiro atoms. The molecule has 3 aromatic rings. The van der Waals surface area contributed by atoms with Crippen LogP contribution in [0.2, 0.25) is 0 Å². The Hall–Kier alpha value is -3.95. The molecule has 2 N–H and O–H groups in total. The summed E-state index contributed by atoms with van der Waals surface area (Å²) >= 11 is 0. The second-order valence-electron chi connectivity index (χ2n) is 7.31. The molecule has 3 rings (SSSR count). The van der Waals surface area contributed by atoms with E-state index in [9.17, 15) is 24.5 Å². The molecule has 0 unspecified atom stereocenters. The number of hydrogen-bond donors (Lipinski definition) is 2. The largest absolute Gasteiger partial charge is 0.419 e. The SMILES string of the molecule is CC(C)C(=O)Nc1cccc(NC(=O)CCCn2c(=O)oc3cc([N+](=O)[O-])ccc32)c1. The van der Waals surface area contributed by atoms with Crippen molar-refractivity contribution in [2.75, 3.05) is 10.6 Å². The van der Waals surface area contributed by atoms with Crippen molar-refractivity contribution in [3.8, 4) is 0 Å². The minimum atomic E-state index is -0.635. The molecule has 0 bridgehead atoms. The van der Waals surface area contributed by atoms with Crippen LogP contribution in [0.25, 0.3) is 11.1 Å². The standard InChI is InChI=1S/C21H22N4O6/c1-13(2)20(27)23-15-6-3-5-14(11-15)22-19(26)7-4-10-24-17-9-8-16(25(29)30)12-18(17)31-21(24)28/h3,5-6,8-9,11-13H,4,7,10H2,1-2H3,(H,22,26)(H,23,27). The third-order valence-corrected chi connectivity index (χ3v) is 4.59. The highest BCUT2D eigenvalue weighted by Crippen LogP contribution is 2.20. The van der Waals surface area contributed by atoms with Crippen molar-refractivity contribution in [2.45, 2.75) is 33.2 Å². The number of non-ortho nitro benzene ring substituents is 1. The maximum Gasteiger partial charge on any atom is 0.419 e. The molecule has 2 aromatic carbocycles. The van der Waals surface area contributed by atoms with Gasteiger partial charge in [0.2, 0.25) is 11.8 Å². The number of aryl methyl sites for hydroxylation is 1. The van der Waals surface area contributed by atoms with Crippen LogP contribution in [-0.2, 0) is 16.1 Å². The lowest BCUT2D eigenvalue weighted by atomic mass is 10.2. The van der Waals surface area contributed by atoms with Crippen molar-refractivity contribution in [3.05, 3.63) is 63.1 Å². The topological polar surface area (TPSA) is 136 Å². The van der Waals surface area contributed by atoms with Crippen molar-refractivity contribution < 1.29 is 18.9 Å². The smallest absolute Gasteiger partial charge is 0.407 e. The molecule has 162 valence electrons. The molecule has 0 saturated heterocycles. The molecule has 0 atom stereocenters. The van der Waals surface area contributed by atoms with E-state index in [1.165, 1.54) is 22.8 Å². The van der Waals surface area contributed by atoms with Crippen LogP contribution < -0.4 is 16.4 Å². The maximum atomic E-state index is 12.3. The van der Waals surface area contributed by atoms with Crippen LogP contribution in [0.15, 0.2) is 51.7 Å². The highest BCUT2D eigenvalue weighted by molar-refractivity contribution is 5.94. The summed E-state index contributed by atoms with van der Waals surface area (Å²) in [7, 11) is 0. The number of carbonyl (C=O) groups is 2. The van der Waals surface area contributed by atoms with E-state index in [0.717, 1.165) is 0 Å². The van der Waals surface area contributed by atoms with Crippen molar-refractivity contribution in [3.63, 3.8) is 0 Å². The second-order valence-corrected chi connectivity index (χ2v) is 7.31. The van der Waals surface area contributed by atoms with Crippen molar-refractivity contribution in [2.24, 2.45) is 5.92 Å². The fraction of sp³-hybridized carbons (Fsp3) is 0.286. The van der Waals surface area contributed by atoms with Gasteiger partial charge in [0.05, 0.1) is 16.5 Å². The van der Waals surface area contributed by atoms with Crippen LogP contribution in [0.4, 0.5) is 17.1 Å². The van der Waals surface area contributed by atoms with Gasteiger partial charge in [-0.2, -0.15) is 0 Å². The van der Waals surface area contributed by atoms with Crippen molar-refractivity contribution >= 4 is 40.0 Å². The summed E-state index contributed by atoms with van der Waals surface area (Å²) in [6.07, 6.45) is 0.510. The van der Waals surface area contributed by atoms with E-state index in [-0.39, 0.29) is 42.0 Å². The van der Waals surface area contributed by atoms with E-state index in [1.807, 2.05) is 0 Å². The summed E-state index contributed by atoms with van der Waals surface area (Å²) in [4.78, 5) is 46.4. The van der Waals surface area contributed by atoms with Gasteiger partial charge >= 0.3 is 5.76 Å². The molecule has 10 heteroatoms. The van der Waals surface area contributed by atoms with Gasteiger partial charge in [0.1, 0.15) is 0 Å². The second kappa shape index (κ2) is 9.24. The summed E-state index contributed by atoms with van der Waals surface area (Å²) in [5.41, 5.74) is 1.53. The van der Waals surface area contributed by atoms with Crippen LogP contribution in [0.5, 0.6) is 0 Å². The zero-order valence-corrected chi connectivity index (χ0v) is 17.1. The first kappa shape index (κ1) is 21.8. The number of hydrogen-bond acceptors (Lipinski definition) is 6. The fourth-order valence-corrected chi connectivity index (χ4v) is 2.96. The number of amides is 2. The molecular formula is C21H22N4O6. The first-order valence-electron chi connectivity index (χ1n) is 9.73. The summed E-state index contributed by atoms with van der Waals surface area (Å²) in [5, 5.41) is 16.4. The zero-order valence-electron chi connectivity index (χ0n) is 17.1. The Kier molecular flexibility index (Phi) is 6.49. The number of nitrogens with one attached hydrogen (secondary N) is 2. The van der Waals surface area contributed by atoms with Crippen LogP contribution in [0, 0.1) is 16.0 Å². The molecule has 31 heavy (non-hydrogen) atoms. The lowest BCUT2D eigenvalue weighted by molar-refractivity contribution is -0.384. The van der Waals surface area contributed by atoms with Crippen LogP contribution >= 0.6 is 0 Å². The van der Waals surface area contributed by atoms with Crippen LogP contribution in [0.1, 0.15) is 26.7 Å². The predicted molar refractivity (Wildman–Crippen MR) is 115 cm³/mol. The monoisotopic (exact) mass is 426 g/mol. The molecule has 0 radical (unpaired) electrons. The van der Waals surface area contributed by atoms with Crippen molar-refractivity contribution in [1.29, 1.82) is 0 Å². The molecule has 0 aliphatic rings. The molecule has 1 aromatic heterocycles. The molecule has 0 saturated carbocycles. The summed E-state index contributed by atoms with van der Waals surface area (Å²) < 4.78 is 6.41. The highest BCUT2D eigenvalue weighted by atomic mass is 16.6. The number of nitro groups is 1. The van der Waals surface area contributed by atoms with Gasteiger partial charge in [-0.15, -0.1) is 0 Å². The predicted octanol–water partition coefficient (Wildman–Crippen LogP) is 3.52. The average Bonchev–Trinajstić information content (AvgIpc) is 3.02. The van der Waals surface area contributed by atoms with Gasteiger partial charge in [0.15, 0.2) is 5.58 Å². The Morgan fingerprint density at radius 2 is 1.84 bits per heavy atom. The summed E-state index contributed by atoms with van der Waals surface area (Å²) in [6, 6.07) is 10.8. The summed E-state index contributed by atoms with van der Waals surface area (Å²) in [6.45, 7) is 3.80. The van der Waals surface area contributed by atoms with Gasteiger partial charge in [0.25, 0.3) is 5.69 Å². The van der Waals surface area contributed by atoms with E-state index in [2.05, 4.69) is 10.6 Å². The van der Waals surface area contributed by atoms with Crippen molar-refractivity contribution in [1.82, 2.24) is 4.57 Å². The minimum absolute atomic E-state index is 0.119. The fourth-order valence-electron chi connectivity index (χ4n) is 2.96. The number of rotatable bonds is 8. The lowest BCUT2D eigenvalue weighted by Crippen LogP contribution is -2.18. The first-order chi connectivity index (χ1) is 14.7. The first-order valence-corrected chi connectivity index (χ1v) is 9.73. The maximum absolute atomic E-state index is 12.3. The minimum Gasteiger partial charge on any atom is -0.407 e. The lowest BCUT2D eigenvalue weighted by Gasteiger charge is -2.10. The summed E-state index contributed by atoms with van der Waals surface area (Å²) in [5.74, 6) is -1.16. The van der Waals surface area contributed by atoms with Gasteiger partial charge < -0.3 is 15.1 Å². The third-order valence-electron chi connectivity index (χ3n) is 4.59. The molecule has 0 fully saturated rings. The van der Waals surface area contributed by atoms with E-state index in [1.54, 1.807) is 38.1 Å². The molecule has 2 amide bonds. The molecule has 0 aliphatic carbocycles. The molecule has 0 aliphatic heterocycles. The van der Waals surface area contributed by atoms with Crippen LogP contribution in [0.3, 0.4) is 0 Å². The number of nitrogens with zero attached hydrogens (tertiary/aromatic N) is 2. The number of oxazole rings is 1. The number of anilines is 2. The quantitative estimate of drug-likeness (QED) is 0.418. The average molecular weight is 426 g/mol. The Morgan fingerprint density at radius 3 is 2.52 bits per heavy atom. The molecule has 10 nitrogen and oxygen atoms in total. The van der Waals surface area contributed by atoms with E-state index in [0.29, 0.717) is 23.3 Å². The Bertz CT molecular complexity index is 1190. The number of carbonyl (C=O) groups excluding carboxylic acids is 2. The normalized spacial score (nSPS) is 10.9.